The highest BCUT2D eigenvalue weighted by Gasteiger charge is 2.04. The molecule has 2 rings (SSSR count). The van der Waals surface area contributed by atoms with Gasteiger partial charge in [-0.25, -0.2) is 0 Å². The quantitative estimate of drug-likeness (QED) is 0.760. The van der Waals surface area contributed by atoms with Gasteiger partial charge in [0.15, 0.2) is 0 Å². The molecular formula is C8H4ClIN2O. The van der Waals surface area contributed by atoms with E-state index in [-0.39, 0.29) is 0 Å². The van der Waals surface area contributed by atoms with Gasteiger partial charge in [-0.2, -0.15) is 0 Å². The van der Waals surface area contributed by atoms with E-state index in [2.05, 4.69) is 32.8 Å². The van der Waals surface area contributed by atoms with Crippen molar-refractivity contribution in [3.8, 4) is 11.5 Å². The largest absolute Gasteiger partial charge is 0.423 e. The molecule has 1 heterocycles. The van der Waals surface area contributed by atoms with E-state index >= 15 is 0 Å². The highest BCUT2D eigenvalue weighted by Crippen LogP contribution is 2.23. The third-order valence-corrected chi connectivity index (χ3v) is 2.31. The second-order valence-electron chi connectivity index (χ2n) is 2.40. The van der Waals surface area contributed by atoms with E-state index in [0.29, 0.717) is 10.9 Å². The zero-order valence-corrected chi connectivity index (χ0v) is 9.28. The fraction of sp³-hybridized carbons (Fsp3) is 0. The Hall–Kier alpha value is -0.620. The lowest BCUT2D eigenvalue weighted by molar-refractivity contribution is 0.568. The van der Waals surface area contributed by atoms with Crippen LogP contribution in [0.25, 0.3) is 11.5 Å². The van der Waals surface area contributed by atoms with E-state index in [4.69, 9.17) is 16.0 Å². The molecule has 5 heteroatoms. The number of rotatable bonds is 1. The second kappa shape index (κ2) is 3.63. The van der Waals surface area contributed by atoms with Crippen molar-refractivity contribution in [1.82, 2.24) is 10.2 Å². The van der Waals surface area contributed by atoms with Gasteiger partial charge < -0.3 is 4.42 Å². The lowest BCUT2D eigenvalue weighted by Crippen LogP contribution is -1.80. The van der Waals surface area contributed by atoms with Crippen LogP contribution in [0.3, 0.4) is 0 Å². The molecule has 0 aliphatic rings. The van der Waals surface area contributed by atoms with Crippen molar-refractivity contribution in [3.05, 3.63) is 33.2 Å². The highest BCUT2D eigenvalue weighted by molar-refractivity contribution is 14.1. The SMILES string of the molecule is Clc1cc(I)cc(-c2nnco2)c1. The monoisotopic (exact) mass is 306 g/mol. The molecule has 0 aliphatic heterocycles. The van der Waals surface area contributed by atoms with Crippen LogP contribution in [-0.2, 0) is 0 Å². The van der Waals surface area contributed by atoms with Crippen molar-refractivity contribution >= 4 is 34.2 Å². The maximum Gasteiger partial charge on any atom is 0.247 e. The van der Waals surface area contributed by atoms with Crippen LogP contribution in [0, 0.1) is 3.57 Å². The molecule has 0 aliphatic carbocycles. The van der Waals surface area contributed by atoms with Gasteiger partial charge in [0.25, 0.3) is 0 Å². The Morgan fingerprint density at radius 2 is 2.15 bits per heavy atom. The van der Waals surface area contributed by atoms with Gasteiger partial charge in [-0.05, 0) is 40.8 Å². The number of aromatic nitrogens is 2. The summed E-state index contributed by atoms with van der Waals surface area (Å²) in [6, 6.07) is 5.58. The summed E-state index contributed by atoms with van der Waals surface area (Å²) in [5.74, 6) is 0.486. The summed E-state index contributed by atoms with van der Waals surface area (Å²) < 4.78 is 6.09. The molecule has 2 aromatic rings. The normalized spacial score (nSPS) is 10.3. The molecule has 13 heavy (non-hydrogen) atoms. The summed E-state index contributed by atoms with van der Waals surface area (Å²) in [6.45, 7) is 0. The predicted molar refractivity (Wildman–Crippen MR) is 57.5 cm³/mol. The van der Waals surface area contributed by atoms with Crippen LogP contribution in [0.1, 0.15) is 0 Å². The Morgan fingerprint density at radius 3 is 2.77 bits per heavy atom. The average Bonchev–Trinajstić information content (AvgIpc) is 2.53. The van der Waals surface area contributed by atoms with Gasteiger partial charge in [0.1, 0.15) is 0 Å². The maximum atomic E-state index is 5.87. The third kappa shape index (κ3) is 2.00. The zero-order valence-electron chi connectivity index (χ0n) is 6.37. The highest BCUT2D eigenvalue weighted by atomic mass is 127. The third-order valence-electron chi connectivity index (χ3n) is 1.47. The van der Waals surface area contributed by atoms with E-state index in [0.717, 1.165) is 9.13 Å². The summed E-state index contributed by atoms with van der Waals surface area (Å²) in [6.07, 6.45) is 1.29. The van der Waals surface area contributed by atoms with E-state index in [9.17, 15) is 0 Å². The average molecular weight is 306 g/mol. The van der Waals surface area contributed by atoms with Crippen molar-refractivity contribution in [3.63, 3.8) is 0 Å². The lowest BCUT2D eigenvalue weighted by atomic mass is 10.2. The van der Waals surface area contributed by atoms with Crippen LogP contribution in [0.5, 0.6) is 0 Å². The number of nitrogens with zero attached hydrogens (tertiary/aromatic N) is 2. The molecule has 3 nitrogen and oxygen atoms in total. The second-order valence-corrected chi connectivity index (χ2v) is 4.08. The first-order valence-electron chi connectivity index (χ1n) is 3.48. The Labute approximate surface area is 93.3 Å². The van der Waals surface area contributed by atoms with Crippen LogP contribution in [0.4, 0.5) is 0 Å². The van der Waals surface area contributed by atoms with Gasteiger partial charge in [-0.3, -0.25) is 0 Å². The number of benzene rings is 1. The van der Waals surface area contributed by atoms with Crippen LogP contribution in [0.15, 0.2) is 29.0 Å². The molecule has 0 fully saturated rings. The van der Waals surface area contributed by atoms with Crippen molar-refractivity contribution in [2.24, 2.45) is 0 Å². The van der Waals surface area contributed by atoms with Crippen molar-refractivity contribution < 1.29 is 4.42 Å². The molecule has 1 aromatic carbocycles. The van der Waals surface area contributed by atoms with Crippen LogP contribution < -0.4 is 0 Å². The minimum Gasteiger partial charge on any atom is -0.423 e. The van der Waals surface area contributed by atoms with Gasteiger partial charge in [0.2, 0.25) is 12.3 Å². The summed E-state index contributed by atoms with van der Waals surface area (Å²) in [7, 11) is 0. The molecule has 0 spiro atoms. The summed E-state index contributed by atoms with van der Waals surface area (Å²) >= 11 is 8.05. The Balaban J connectivity index is 2.53. The fourth-order valence-electron chi connectivity index (χ4n) is 0.976. The Morgan fingerprint density at radius 1 is 1.31 bits per heavy atom. The van der Waals surface area contributed by atoms with Gasteiger partial charge in [0, 0.05) is 14.2 Å². The lowest BCUT2D eigenvalue weighted by Gasteiger charge is -1.97. The molecule has 0 N–H and O–H groups in total. The summed E-state index contributed by atoms with van der Waals surface area (Å²) in [4.78, 5) is 0. The van der Waals surface area contributed by atoms with Crippen molar-refractivity contribution in [1.29, 1.82) is 0 Å². The molecule has 0 saturated heterocycles. The minimum atomic E-state index is 0.486. The van der Waals surface area contributed by atoms with E-state index in [1.54, 1.807) is 6.07 Å². The molecule has 0 amide bonds. The Kier molecular flexibility index (Phi) is 2.50. The van der Waals surface area contributed by atoms with Crippen LogP contribution in [0.2, 0.25) is 5.02 Å². The fourth-order valence-corrected chi connectivity index (χ4v) is 2.07. The number of hydrogen-bond acceptors (Lipinski definition) is 3. The topological polar surface area (TPSA) is 38.9 Å². The zero-order chi connectivity index (χ0) is 9.26. The van der Waals surface area contributed by atoms with Crippen molar-refractivity contribution in [2.75, 3.05) is 0 Å². The first kappa shape index (κ1) is 8.96. The Bertz CT molecular complexity index is 396. The van der Waals surface area contributed by atoms with Crippen LogP contribution in [-0.4, -0.2) is 10.2 Å². The first-order chi connectivity index (χ1) is 6.25. The molecule has 0 unspecified atom stereocenters. The van der Waals surface area contributed by atoms with Gasteiger partial charge in [-0.15, -0.1) is 10.2 Å². The van der Waals surface area contributed by atoms with Gasteiger partial charge in [-0.1, -0.05) is 11.6 Å². The smallest absolute Gasteiger partial charge is 0.247 e. The number of halogens is 2. The standard InChI is InChI=1S/C8H4ClIN2O/c9-6-1-5(2-7(10)3-6)8-12-11-4-13-8/h1-4H. The predicted octanol–water partition coefficient (Wildman–Crippen LogP) is 2.99. The summed E-state index contributed by atoms with van der Waals surface area (Å²) in [5, 5.41) is 8.05. The molecule has 1 aromatic heterocycles. The van der Waals surface area contributed by atoms with Crippen molar-refractivity contribution in [2.45, 2.75) is 0 Å². The van der Waals surface area contributed by atoms with Gasteiger partial charge >= 0.3 is 0 Å². The van der Waals surface area contributed by atoms with E-state index in [1.165, 1.54) is 6.39 Å². The summed E-state index contributed by atoms with van der Waals surface area (Å²) in [5.41, 5.74) is 0.842. The van der Waals surface area contributed by atoms with E-state index in [1.807, 2.05) is 12.1 Å². The van der Waals surface area contributed by atoms with E-state index < -0.39 is 0 Å². The molecule has 0 saturated carbocycles. The molecule has 0 atom stereocenters. The molecular weight excluding hydrogens is 302 g/mol. The molecule has 0 bridgehead atoms. The minimum absolute atomic E-state index is 0.486. The molecule has 0 radical (unpaired) electrons. The number of hydrogen-bond donors (Lipinski definition) is 0. The molecule has 66 valence electrons. The first-order valence-corrected chi connectivity index (χ1v) is 4.94. The van der Waals surface area contributed by atoms with Gasteiger partial charge in [0.05, 0.1) is 0 Å². The van der Waals surface area contributed by atoms with Crippen LogP contribution >= 0.6 is 34.2 Å². The maximum absolute atomic E-state index is 5.87.